The molecule has 3 heteroatoms. The molecule has 0 amide bonds. The van der Waals surface area contributed by atoms with Crippen molar-refractivity contribution in [3.05, 3.63) is 108 Å². The molecule has 0 aliphatic heterocycles. The summed E-state index contributed by atoms with van der Waals surface area (Å²) in [6.07, 6.45) is 12.7. The third-order valence-corrected chi connectivity index (χ3v) is 7.13. The summed E-state index contributed by atoms with van der Waals surface area (Å²) in [7, 11) is 0. The Balaban J connectivity index is 1.74. The zero-order chi connectivity index (χ0) is 24.7. The number of allylic oxidation sites excluding steroid dienone is 6. The van der Waals surface area contributed by atoms with Crippen LogP contribution in [0.4, 0.5) is 13.2 Å². The maximum atomic E-state index is 15.2. The standard InChI is InChI=1S/C31H35F3/c1-5-8-9-27-18-19-28(31(34)30(27)33)26-16-14-24(15-17-26)21(4)29(32)20-23(7-3)25-12-10-22(6-2)11-13-25/h5-7,14-22,25H,1-2,8-13H2,3-4H3/b23-7+,29-20+. The van der Waals surface area contributed by atoms with Crippen LogP contribution in [-0.4, -0.2) is 0 Å². The fraction of sp³-hybridized carbons (Fsp3) is 0.355. The van der Waals surface area contributed by atoms with E-state index in [0.717, 1.165) is 36.8 Å². The summed E-state index contributed by atoms with van der Waals surface area (Å²) in [6.45, 7) is 11.3. The molecule has 1 saturated carbocycles. The second-order valence-electron chi connectivity index (χ2n) is 9.24. The minimum Gasteiger partial charge on any atom is -0.211 e. The Kier molecular flexibility index (Phi) is 9.15. The summed E-state index contributed by atoms with van der Waals surface area (Å²) in [5, 5.41) is 0. The largest absolute Gasteiger partial charge is 0.211 e. The number of hydrogen-bond acceptors (Lipinski definition) is 0. The highest BCUT2D eigenvalue weighted by Gasteiger charge is 2.22. The summed E-state index contributed by atoms with van der Waals surface area (Å²) < 4.78 is 44.3. The Hall–Kier alpha value is -2.81. The predicted octanol–water partition coefficient (Wildman–Crippen LogP) is 9.65. The van der Waals surface area contributed by atoms with E-state index in [1.54, 1.807) is 48.6 Å². The number of halogens is 3. The van der Waals surface area contributed by atoms with Crippen LogP contribution in [0.25, 0.3) is 11.1 Å². The minimum atomic E-state index is -0.850. The van der Waals surface area contributed by atoms with Gasteiger partial charge in [0.1, 0.15) is 5.83 Å². The topological polar surface area (TPSA) is 0 Å². The molecule has 1 fully saturated rings. The molecule has 0 saturated heterocycles. The maximum absolute atomic E-state index is 15.2. The molecule has 0 spiro atoms. The van der Waals surface area contributed by atoms with Crippen molar-refractivity contribution in [3.8, 4) is 11.1 Å². The third kappa shape index (κ3) is 6.00. The maximum Gasteiger partial charge on any atom is 0.166 e. The quantitative estimate of drug-likeness (QED) is 0.256. The van der Waals surface area contributed by atoms with Crippen LogP contribution >= 0.6 is 0 Å². The van der Waals surface area contributed by atoms with Crippen molar-refractivity contribution in [2.45, 2.75) is 58.3 Å². The van der Waals surface area contributed by atoms with Crippen molar-refractivity contribution < 1.29 is 13.2 Å². The molecule has 0 nitrogen and oxygen atoms in total. The minimum absolute atomic E-state index is 0.185. The first-order valence-electron chi connectivity index (χ1n) is 12.2. The van der Waals surface area contributed by atoms with Gasteiger partial charge in [0.25, 0.3) is 0 Å². The van der Waals surface area contributed by atoms with Gasteiger partial charge >= 0.3 is 0 Å². The Labute approximate surface area is 202 Å². The van der Waals surface area contributed by atoms with Gasteiger partial charge in [-0.3, -0.25) is 0 Å². The van der Waals surface area contributed by atoms with Gasteiger partial charge in [0.05, 0.1) is 0 Å². The van der Waals surface area contributed by atoms with Crippen LogP contribution in [-0.2, 0) is 6.42 Å². The lowest BCUT2D eigenvalue weighted by Crippen LogP contribution is -2.14. The Morgan fingerprint density at radius 3 is 2.26 bits per heavy atom. The van der Waals surface area contributed by atoms with Gasteiger partial charge in [-0.2, -0.15) is 0 Å². The summed E-state index contributed by atoms with van der Waals surface area (Å²) >= 11 is 0. The van der Waals surface area contributed by atoms with E-state index in [1.165, 1.54) is 0 Å². The van der Waals surface area contributed by atoms with Gasteiger partial charge in [-0.1, -0.05) is 61.5 Å². The van der Waals surface area contributed by atoms with Crippen molar-refractivity contribution in [2.24, 2.45) is 11.8 Å². The fourth-order valence-electron chi connectivity index (χ4n) is 4.78. The Morgan fingerprint density at radius 2 is 1.68 bits per heavy atom. The molecule has 0 aromatic heterocycles. The van der Waals surface area contributed by atoms with Crippen LogP contribution in [0.5, 0.6) is 0 Å². The van der Waals surface area contributed by atoms with Crippen LogP contribution in [0.3, 0.4) is 0 Å². The first-order valence-corrected chi connectivity index (χ1v) is 12.2. The highest BCUT2D eigenvalue weighted by atomic mass is 19.2. The highest BCUT2D eigenvalue weighted by Crippen LogP contribution is 2.36. The molecule has 0 radical (unpaired) electrons. The summed E-state index contributed by atoms with van der Waals surface area (Å²) in [5.74, 6) is -1.31. The number of hydrogen-bond donors (Lipinski definition) is 0. The van der Waals surface area contributed by atoms with E-state index in [-0.39, 0.29) is 11.4 Å². The molecule has 2 aromatic carbocycles. The van der Waals surface area contributed by atoms with E-state index < -0.39 is 17.6 Å². The first kappa shape index (κ1) is 25.8. The van der Waals surface area contributed by atoms with Gasteiger partial charge in [0.15, 0.2) is 11.6 Å². The van der Waals surface area contributed by atoms with Gasteiger partial charge in [-0.25, -0.2) is 13.2 Å². The average molecular weight is 465 g/mol. The van der Waals surface area contributed by atoms with Crippen LogP contribution in [0.15, 0.2) is 85.3 Å². The second kappa shape index (κ2) is 12.1. The summed E-state index contributed by atoms with van der Waals surface area (Å²) in [4.78, 5) is 0. The molecule has 1 unspecified atom stereocenters. The lowest BCUT2D eigenvalue weighted by Gasteiger charge is -2.27. The van der Waals surface area contributed by atoms with E-state index in [1.807, 2.05) is 26.0 Å². The predicted molar refractivity (Wildman–Crippen MR) is 137 cm³/mol. The third-order valence-electron chi connectivity index (χ3n) is 7.13. The number of benzene rings is 2. The van der Waals surface area contributed by atoms with Crippen molar-refractivity contribution in [3.63, 3.8) is 0 Å². The molecule has 0 heterocycles. The normalized spacial score (nSPS) is 20.1. The van der Waals surface area contributed by atoms with Crippen molar-refractivity contribution in [2.75, 3.05) is 0 Å². The summed E-state index contributed by atoms with van der Waals surface area (Å²) in [6, 6.07) is 10.3. The average Bonchev–Trinajstić information content (AvgIpc) is 2.87. The Morgan fingerprint density at radius 1 is 1.00 bits per heavy atom. The molecule has 1 aliphatic rings. The van der Waals surface area contributed by atoms with Crippen LogP contribution in [0, 0.1) is 23.5 Å². The van der Waals surface area contributed by atoms with Crippen LogP contribution in [0.1, 0.15) is 63.0 Å². The SMILES string of the molecule is C=CCCc1ccc(-c2ccc(C(C)/C(F)=C\C(=C/C)C3CCC(C=C)CC3)cc2)c(F)c1F. The first-order chi connectivity index (χ1) is 16.4. The van der Waals surface area contributed by atoms with Gasteiger partial charge < -0.3 is 0 Å². The molecular formula is C31H35F3. The number of rotatable bonds is 9. The molecule has 2 aromatic rings. The van der Waals surface area contributed by atoms with E-state index in [2.05, 4.69) is 13.2 Å². The molecule has 0 N–H and O–H groups in total. The smallest absolute Gasteiger partial charge is 0.166 e. The van der Waals surface area contributed by atoms with Gasteiger partial charge in [-0.05, 0) is 85.6 Å². The molecule has 3 rings (SSSR count). The molecule has 0 bridgehead atoms. The summed E-state index contributed by atoms with van der Waals surface area (Å²) in [5.41, 5.74) is 2.97. The van der Waals surface area contributed by atoms with E-state index in [0.29, 0.717) is 35.8 Å². The molecule has 1 aliphatic carbocycles. The zero-order valence-electron chi connectivity index (χ0n) is 20.3. The molecule has 180 valence electrons. The highest BCUT2D eigenvalue weighted by molar-refractivity contribution is 5.65. The van der Waals surface area contributed by atoms with E-state index in [9.17, 15) is 8.78 Å². The van der Waals surface area contributed by atoms with Crippen LogP contribution in [0.2, 0.25) is 0 Å². The van der Waals surface area contributed by atoms with Crippen molar-refractivity contribution in [1.29, 1.82) is 0 Å². The van der Waals surface area contributed by atoms with Crippen molar-refractivity contribution >= 4 is 0 Å². The van der Waals surface area contributed by atoms with Gasteiger partial charge in [0.2, 0.25) is 0 Å². The monoisotopic (exact) mass is 464 g/mol. The van der Waals surface area contributed by atoms with Crippen molar-refractivity contribution in [1.82, 2.24) is 0 Å². The molecule has 1 atom stereocenters. The lowest BCUT2D eigenvalue weighted by molar-refractivity contribution is 0.347. The molecule has 34 heavy (non-hydrogen) atoms. The van der Waals surface area contributed by atoms with Gasteiger partial charge in [0, 0.05) is 11.5 Å². The van der Waals surface area contributed by atoms with Gasteiger partial charge in [-0.15, -0.1) is 13.2 Å². The van der Waals surface area contributed by atoms with E-state index in [4.69, 9.17) is 0 Å². The fourth-order valence-corrected chi connectivity index (χ4v) is 4.78. The Bertz CT molecular complexity index is 1050. The zero-order valence-corrected chi connectivity index (χ0v) is 20.3. The van der Waals surface area contributed by atoms with E-state index >= 15 is 4.39 Å². The van der Waals surface area contributed by atoms with Crippen LogP contribution < -0.4 is 0 Å². The lowest BCUT2D eigenvalue weighted by atomic mass is 9.78. The number of aryl methyl sites for hydroxylation is 1. The second-order valence-corrected chi connectivity index (χ2v) is 9.24. The molecular weight excluding hydrogens is 429 g/mol.